The molecule has 3 aromatic carbocycles. The molecule has 0 aromatic heterocycles. The summed E-state index contributed by atoms with van der Waals surface area (Å²) in [5.41, 5.74) is 3.89. The first-order valence-corrected chi connectivity index (χ1v) is 10.7. The number of carbonyl (C=O) groups is 2. The Morgan fingerprint density at radius 1 is 0.844 bits per heavy atom. The number of anilines is 1. The molecular formula is C27H29FN2O2. The van der Waals surface area contributed by atoms with Gasteiger partial charge in [-0.2, -0.15) is 0 Å². The smallest absolute Gasteiger partial charge is 0.258 e. The number of amides is 2. The molecule has 3 rings (SSSR count). The fourth-order valence-corrected chi connectivity index (χ4v) is 3.33. The second-order valence-electron chi connectivity index (χ2n) is 8.88. The van der Waals surface area contributed by atoms with Gasteiger partial charge in [-0.3, -0.25) is 9.59 Å². The topological polar surface area (TPSA) is 49.4 Å². The van der Waals surface area contributed by atoms with E-state index in [1.54, 1.807) is 29.2 Å². The van der Waals surface area contributed by atoms with Crippen LogP contribution in [-0.2, 0) is 5.41 Å². The molecule has 0 atom stereocenters. The molecule has 0 saturated heterocycles. The van der Waals surface area contributed by atoms with Crippen molar-refractivity contribution in [3.8, 4) is 0 Å². The van der Waals surface area contributed by atoms with Crippen LogP contribution in [0.5, 0.6) is 0 Å². The standard InChI is InChI=1S/C27H29FN2O2/c1-19-5-7-21(8-6-19)26(32)30(24-15-13-23(28)14-16-24)18-17-29-25(31)20-9-11-22(12-10-20)27(2,3)4/h5-16H,17-18H2,1-4H3,(H,29,31). The van der Waals surface area contributed by atoms with E-state index >= 15 is 0 Å². The Morgan fingerprint density at radius 2 is 1.41 bits per heavy atom. The van der Waals surface area contributed by atoms with E-state index in [1.807, 2.05) is 43.3 Å². The molecule has 0 saturated carbocycles. The average Bonchev–Trinajstić information content (AvgIpc) is 2.77. The van der Waals surface area contributed by atoms with Crippen molar-refractivity contribution in [3.63, 3.8) is 0 Å². The Hall–Kier alpha value is -3.47. The van der Waals surface area contributed by atoms with Gasteiger partial charge in [-0.25, -0.2) is 4.39 Å². The normalized spacial score (nSPS) is 11.2. The van der Waals surface area contributed by atoms with Gasteiger partial charge in [-0.1, -0.05) is 50.6 Å². The highest BCUT2D eigenvalue weighted by atomic mass is 19.1. The molecule has 4 nitrogen and oxygen atoms in total. The first-order chi connectivity index (χ1) is 15.1. The number of halogens is 1. The van der Waals surface area contributed by atoms with Gasteiger partial charge >= 0.3 is 0 Å². The summed E-state index contributed by atoms with van der Waals surface area (Å²) in [5, 5.41) is 2.88. The monoisotopic (exact) mass is 432 g/mol. The van der Waals surface area contributed by atoms with E-state index < -0.39 is 0 Å². The summed E-state index contributed by atoms with van der Waals surface area (Å²) >= 11 is 0. The third-order valence-corrected chi connectivity index (χ3v) is 5.32. The van der Waals surface area contributed by atoms with Crippen LogP contribution < -0.4 is 10.2 Å². The van der Waals surface area contributed by atoms with Crippen molar-refractivity contribution in [2.75, 3.05) is 18.0 Å². The highest BCUT2D eigenvalue weighted by Crippen LogP contribution is 2.22. The lowest BCUT2D eigenvalue weighted by atomic mass is 9.87. The molecule has 0 heterocycles. The minimum Gasteiger partial charge on any atom is -0.350 e. The van der Waals surface area contributed by atoms with Crippen molar-refractivity contribution in [1.29, 1.82) is 0 Å². The fraction of sp³-hybridized carbons (Fsp3) is 0.259. The molecule has 0 spiro atoms. The average molecular weight is 433 g/mol. The Morgan fingerprint density at radius 3 is 1.97 bits per heavy atom. The SMILES string of the molecule is Cc1ccc(C(=O)N(CCNC(=O)c2ccc(C(C)(C)C)cc2)c2ccc(F)cc2)cc1. The van der Waals surface area contributed by atoms with E-state index in [9.17, 15) is 14.0 Å². The Bertz CT molecular complexity index is 1070. The van der Waals surface area contributed by atoms with Crippen molar-refractivity contribution in [1.82, 2.24) is 5.32 Å². The molecule has 5 heteroatoms. The zero-order valence-corrected chi connectivity index (χ0v) is 19.0. The predicted molar refractivity (Wildman–Crippen MR) is 127 cm³/mol. The molecule has 0 radical (unpaired) electrons. The minimum atomic E-state index is -0.372. The lowest BCUT2D eigenvalue weighted by molar-refractivity contribution is 0.0943. The molecule has 0 unspecified atom stereocenters. The second-order valence-corrected chi connectivity index (χ2v) is 8.88. The molecule has 3 aromatic rings. The molecule has 0 aliphatic heterocycles. The van der Waals surface area contributed by atoms with Crippen molar-refractivity contribution >= 4 is 17.5 Å². The predicted octanol–water partition coefficient (Wildman–Crippen LogP) is 5.51. The fourth-order valence-electron chi connectivity index (χ4n) is 3.33. The van der Waals surface area contributed by atoms with Gasteiger partial charge in [0.2, 0.25) is 0 Å². The number of rotatable bonds is 6. The maximum absolute atomic E-state index is 13.4. The van der Waals surface area contributed by atoms with Crippen molar-refractivity contribution < 1.29 is 14.0 Å². The minimum absolute atomic E-state index is 0.0149. The summed E-state index contributed by atoms with van der Waals surface area (Å²) in [6, 6.07) is 20.6. The zero-order chi connectivity index (χ0) is 23.3. The molecule has 1 N–H and O–H groups in total. The van der Waals surface area contributed by atoms with E-state index in [0.29, 0.717) is 16.8 Å². The Kier molecular flexibility index (Phi) is 7.08. The van der Waals surface area contributed by atoms with Gasteiger partial charge in [0, 0.05) is 29.9 Å². The third kappa shape index (κ3) is 5.82. The molecule has 166 valence electrons. The van der Waals surface area contributed by atoms with Crippen LogP contribution >= 0.6 is 0 Å². The highest BCUT2D eigenvalue weighted by molar-refractivity contribution is 6.06. The molecule has 0 aliphatic rings. The van der Waals surface area contributed by atoms with E-state index in [4.69, 9.17) is 0 Å². The number of aryl methyl sites for hydroxylation is 1. The van der Waals surface area contributed by atoms with Crippen LogP contribution in [0.15, 0.2) is 72.8 Å². The number of hydrogen-bond acceptors (Lipinski definition) is 2. The first kappa shape index (κ1) is 23.2. The number of nitrogens with zero attached hydrogens (tertiary/aromatic N) is 1. The molecule has 0 aliphatic carbocycles. The summed E-state index contributed by atoms with van der Waals surface area (Å²) in [5.74, 6) is -0.781. The molecule has 0 bridgehead atoms. The summed E-state index contributed by atoms with van der Waals surface area (Å²) in [7, 11) is 0. The van der Waals surface area contributed by atoms with Gasteiger partial charge < -0.3 is 10.2 Å². The van der Waals surface area contributed by atoms with E-state index in [2.05, 4.69) is 26.1 Å². The molecule has 2 amide bonds. The van der Waals surface area contributed by atoms with Crippen LogP contribution in [0, 0.1) is 12.7 Å². The number of hydrogen-bond donors (Lipinski definition) is 1. The first-order valence-electron chi connectivity index (χ1n) is 10.7. The van der Waals surface area contributed by atoms with Crippen molar-refractivity contribution in [2.24, 2.45) is 0 Å². The number of benzene rings is 3. The van der Waals surface area contributed by atoms with Crippen molar-refractivity contribution in [2.45, 2.75) is 33.1 Å². The van der Waals surface area contributed by atoms with Gasteiger partial charge in [0.15, 0.2) is 0 Å². The Labute approximate surface area is 189 Å². The third-order valence-electron chi connectivity index (χ3n) is 5.32. The zero-order valence-electron chi connectivity index (χ0n) is 19.0. The number of nitrogens with one attached hydrogen (secondary N) is 1. The Balaban J connectivity index is 1.71. The van der Waals surface area contributed by atoms with Gasteiger partial charge in [0.25, 0.3) is 11.8 Å². The quantitative estimate of drug-likeness (QED) is 0.558. The van der Waals surface area contributed by atoms with Crippen LogP contribution in [0.4, 0.5) is 10.1 Å². The lowest BCUT2D eigenvalue weighted by Gasteiger charge is -2.23. The van der Waals surface area contributed by atoms with Gasteiger partial charge in [-0.15, -0.1) is 0 Å². The van der Waals surface area contributed by atoms with Crippen LogP contribution in [0.3, 0.4) is 0 Å². The van der Waals surface area contributed by atoms with Crippen LogP contribution in [-0.4, -0.2) is 24.9 Å². The second kappa shape index (κ2) is 9.77. The summed E-state index contributed by atoms with van der Waals surface area (Å²) in [6.07, 6.45) is 0. The van der Waals surface area contributed by atoms with Crippen LogP contribution in [0.2, 0.25) is 0 Å². The van der Waals surface area contributed by atoms with E-state index in [1.165, 1.54) is 12.1 Å². The highest BCUT2D eigenvalue weighted by Gasteiger charge is 2.19. The van der Waals surface area contributed by atoms with Crippen molar-refractivity contribution in [3.05, 3.63) is 101 Å². The van der Waals surface area contributed by atoms with Gasteiger partial charge in [-0.05, 0) is 66.4 Å². The lowest BCUT2D eigenvalue weighted by Crippen LogP contribution is -2.38. The number of carbonyl (C=O) groups excluding carboxylic acids is 2. The molecule has 0 fully saturated rings. The summed E-state index contributed by atoms with van der Waals surface area (Å²) in [6.45, 7) is 8.83. The maximum Gasteiger partial charge on any atom is 0.258 e. The van der Waals surface area contributed by atoms with Crippen LogP contribution in [0.25, 0.3) is 0 Å². The molecular weight excluding hydrogens is 403 g/mol. The van der Waals surface area contributed by atoms with E-state index in [-0.39, 0.29) is 36.1 Å². The molecule has 32 heavy (non-hydrogen) atoms. The van der Waals surface area contributed by atoms with Crippen LogP contribution in [0.1, 0.15) is 52.6 Å². The summed E-state index contributed by atoms with van der Waals surface area (Å²) in [4.78, 5) is 27.3. The maximum atomic E-state index is 13.4. The van der Waals surface area contributed by atoms with E-state index in [0.717, 1.165) is 11.1 Å². The van der Waals surface area contributed by atoms with Gasteiger partial charge in [0.1, 0.15) is 5.82 Å². The van der Waals surface area contributed by atoms with Gasteiger partial charge in [0.05, 0.1) is 0 Å². The summed E-state index contributed by atoms with van der Waals surface area (Å²) < 4.78 is 13.4. The largest absolute Gasteiger partial charge is 0.350 e.